The van der Waals surface area contributed by atoms with Gasteiger partial charge < -0.3 is 0 Å². The summed E-state index contributed by atoms with van der Waals surface area (Å²) in [7, 11) is -6.63. The third-order valence-corrected chi connectivity index (χ3v) is 1.87. The molecule has 0 spiro atoms. The standard InChI is InChI=1S/C3HClF6O4S/c4-3(9,10)14-1(5,6)2(7,8)15(11,12)13/h(H,11,12,13). The molecule has 4 nitrogen and oxygen atoms in total. The summed E-state index contributed by atoms with van der Waals surface area (Å²) in [4.78, 5) is 0. The fourth-order valence-electron chi connectivity index (χ4n) is 0.355. The Morgan fingerprint density at radius 2 is 1.40 bits per heavy atom. The van der Waals surface area contributed by atoms with E-state index in [2.05, 4.69) is 11.6 Å². The minimum Gasteiger partial charge on any atom is -0.281 e. The van der Waals surface area contributed by atoms with Gasteiger partial charge in [0.1, 0.15) is 0 Å². The zero-order valence-corrected chi connectivity index (χ0v) is 7.80. The summed E-state index contributed by atoms with van der Waals surface area (Å²) in [5.41, 5.74) is -5.22. The molecule has 92 valence electrons. The van der Waals surface area contributed by atoms with E-state index in [0.29, 0.717) is 0 Å². The molecule has 0 aliphatic rings. The summed E-state index contributed by atoms with van der Waals surface area (Å²) in [6.45, 7) is 0. The van der Waals surface area contributed by atoms with E-state index in [1.807, 2.05) is 4.74 Å². The lowest BCUT2D eigenvalue weighted by atomic mass is 10.6. The zero-order valence-electron chi connectivity index (χ0n) is 6.23. The highest BCUT2D eigenvalue weighted by Crippen LogP contribution is 2.43. The highest BCUT2D eigenvalue weighted by molar-refractivity contribution is 7.86. The van der Waals surface area contributed by atoms with Crippen LogP contribution >= 0.6 is 11.6 Å². The van der Waals surface area contributed by atoms with Crippen LogP contribution in [-0.2, 0) is 14.9 Å². The van der Waals surface area contributed by atoms with Crippen molar-refractivity contribution in [3.05, 3.63) is 0 Å². The summed E-state index contributed by atoms with van der Waals surface area (Å²) in [5.74, 6) is 0. The maximum absolute atomic E-state index is 12.1. The largest absolute Gasteiger partial charge is 0.460 e. The molecular weight excluding hydrogens is 282 g/mol. The van der Waals surface area contributed by atoms with Gasteiger partial charge in [0.05, 0.1) is 0 Å². The fourth-order valence-corrected chi connectivity index (χ4v) is 0.794. The molecule has 0 aromatic rings. The van der Waals surface area contributed by atoms with Crippen LogP contribution in [0.15, 0.2) is 0 Å². The molecule has 0 heterocycles. The highest BCUT2D eigenvalue weighted by atomic mass is 35.5. The predicted octanol–water partition coefficient (Wildman–Crippen LogP) is 1.87. The smallest absolute Gasteiger partial charge is 0.281 e. The first kappa shape index (κ1) is 14.7. The molecule has 0 saturated carbocycles. The topological polar surface area (TPSA) is 63.6 Å². The Bertz CT molecular complexity index is 333. The molecule has 0 saturated heterocycles. The molecule has 0 bridgehead atoms. The summed E-state index contributed by atoms with van der Waals surface area (Å²) in [6, 6.07) is 0. The van der Waals surface area contributed by atoms with Crippen LogP contribution in [0.3, 0.4) is 0 Å². The third-order valence-electron chi connectivity index (χ3n) is 0.907. The molecule has 12 heteroatoms. The monoisotopic (exact) mass is 282 g/mol. The molecule has 0 rings (SSSR count). The van der Waals surface area contributed by atoms with Crippen molar-refractivity contribution in [3.8, 4) is 0 Å². The third kappa shape index (κ3) is 3.36. The van der Waals surface area contributed by atoms with Crippen LogP contribution < -0.4 is 0 Å². The number of halogens is 7. The van der Waals surface area contributed by atoms with Crippen molar-refractivity contribution in [1.29, 1.82) is 0 Å². The van der Waals surface area contributed by atoms with Gasteiger partial charge in [-0.05, 0) is 11.6 Å². The quantitative estimate of drug-likeness (QED) is 0.486. The minimum absolute atomic E-state index is 2.03. The lowest BCUT2D eigenvalue weighted by Crippen LogP contribution is -2.50. The lowest BCUT2D eigenvalue weighted by molar-refractivity contribution is -0.387. The predicted molar refractivity (Wildman–Crippen MR) is 33.3 cm³/mol. The molecule has 0 radical (unpaired) electrons. The normalized spacial score (nSPS) is 15.5. The molecular formula is C3HClF6O4S. The lowest BCUT2D eigenvalue weighted by Gasteiger charge is -2.24. The number of alkyl halides is 7. The van der Waals surface area contributed by atoms with Gasteiger partial charge in [0.2, 0.25) is 0 Å². The Morgan fingerprint density at radius 3 is 1.60 bits per heavy atom. The molecule has 0 aliphatic heterocycles. The fraction of sp³-hybridized carbons (Fsp3) is 1.00. The van der Waals surface area contributed by atoms with Crippen LogP contribution in [0.25, 0.3) is 0 Å². The molecule has 0 fully saturated rings. The first-order valence-corrected chi connectivity index (χ1v) is 4.52. The number of ether oxygens (including phenoxy) is 1. The Labute approximate surface area is 83.5 Å². The van der Waals surface area contributed by atoms with Crippen molar-refractivity contribution >= 4 is 21.7 Å². The van der Waals surface area contributed by atoms with Gasteiger partial charge >= 0.3 is 27.0 Å². The molecule has 0 unspecified atom stereocenters. The van der Waals surface area contributed by atoms with Crippen LogP contribution in [0.4, 0.5) is 26.3 Å². The summed E-state index contributed by atoms with van der Waals surface area (Å²) in [6.07, 6.45) is -6.19. The van der Waals surface area contributed by atoms with Gasteiger partial charge in [-0.3, -0.25) is 4.55 Å². The summed E-state index contributed by atoms with van der Waals surface area (Å²) in [5, 5.41) is -6.25. The Morgan fingerprint density at radius 1 is 1.07 bits per heavy atom. The molecule has 1 N–H and O–H groups in total. The second kappa shape index (κ2) is 3.64. The zero-order chi connectivity index (χ0) is 12.7. The van der Waals surface area contributed by atoms with Gasteiger partial charge in [-0.25, -0.2) is 4.74 Å². The van der Waals surface area contributed by atoms with Gasteiger partial charge in [-0.1, -0.05) is 0 Å². The maximum Gasteiger partial charge on any atom is 0.460 e. The first-order chi connectivity index (χ1) is 6.21. The van der Waals surface area contributed by atoms with E-state index in [1.165, 1.54) is 0 Å². The van der Waals surface area contributed by atoms with Crippen molar-refractivity contribution in [2.24, 2.45) is 0 Å². The van der Waals surface area contributed by atoms with Crippen LogP contribution in [-0.4, -0.2) is 29.9 Å². The number of rotatable bonds is 4. The van der Waals surface area contributed by atoms with Crippen LogP contribution in [0, 0.1) is 0 Å². The SMILES string of the molecule is O=S(=O)(O)C(F)(F)C(F)(F)OC(F)(F)Cl. The summed E-state index contributed by atoms with van der Waals surface area (Å²) < 4.78 is 101. The van der Waals surface area contributed by atoms with Crippen LogP contribution in [0.2, 0.25) is 0 Å². The minimum atomic E-state index is -6.63. The molecule has 0 aromatic heterocycles. The second-order valence-electron chi connectivity index (χ2n) is 2.06. The van der Waals surface area contributed by atoms with Crippen molar-refractivity contribution in [2.45, 2.75) is 16.9 Å². The van der Waals surface area contributed by atoms with Gasteiger partial charge in [0, 0.05) is 0 Å². The van der Waals surface area contributed by atoms with Crippen molar-refractivity contribution in [3.63, 3.8) is 0 Å². The van der Waals surface area contributed by atoms with E-state index in [4.69, 9.17) is 4.55 Å². The van der Waals surface area contributed by atoms with E-state index in [-0.39, 0.29) is 0 Å². The van der Waals surface area contributed by atoms with Crippen LogP contribution in [0.1, 0.15) is 0 Å². The molecule has 0 aromatic carbocycles. The number of hydrogen-bond acceptors (Lipinski definition) is 3. The Hall–Kier alpha value is -0.260. The second-order valence-corrected chi connectivity index (χ2v) is 3.96. The highest BCUT2D eigenvalue weighted by Gasteiger charge is 2.70. The average molecular weight is 283 g/mol. The molecule has 0 aliphatic carbocycles. The van der Waals surface area contributed by atoms with E-state index in [9.17, 15) is 34.8 Å². The molecule has 0 amide bonds. The van der Waals surface area contributed by atoms with Crippen LogP contribution in [0.5, 0.6) is 0 Å². The van der Waals surface area contributed by atoms with E-state index >= 15 is 0 Å². The van der Waals surface area contributed by atoms with Gasteiger partial charge in [0.25, 0.3) is 0 Å². The average Bonchev–Trinajstić information content (AvgIpc) is 1.77. The Kier molecular flexibility index (Phi) is 3.58. The van der Waals surface area contributed by atoms with E-state index in [1.54, 1.807) is 0 Å². The maximum atomic E-state index is 12.1. The summed E-state index contributed by atoms with van der Waals surface area (Å²) >= 11 is 3.73. The van der Waals surface area contributed by atoms with E-state index in [0.717, 1.165) is 0 Å². The van der Waals surface area contributed by atoms with Gasteiger partial charge in [0.15, 0.2) is 0 Å². The van der Waals surface area contributed by atoms with Crippen molar-refractivity contribution < 1.29 is 44.0 Å². The van der Waals surface area contributed by atoms with Crippen molar-refractivity contribution in [1.82, 2.24) is 0 Å². The molecule has 0 atom stereocenters. The number of hydrogen-bond donors (Lipinski definition) is 1. The Balaban J connectivity index is 5.21. The van der Waals surface area contributed by atoms with Gasteiger partial charge in [-0.15, -0.1) is 0 Å². The van der Waals surface area contributed by atoms with E-state index < -0.39 is 27.0 Å². The van der Waals surface area contributed by atoms with Crippen molar-refractivity contribution in [2.75, 3.05) is 0 Å². The first-order valence-electron chi connectivity index (χ1n) is 2.70. The molecule has 15 heavy (non-hydrogen) atoms. The van der Waals surface area contributed by atoms with Gasteiger partial charge in [-0.2, -0.15) is 34.8 Å².